The first-order chi connectivity index (χ1) is 10.2. The van der Waals surface area contributed by atoms with Gasteiger partial charge in [-0.25, -0.2) is 0 Å². The van der Waals surface area contributed by atoms with E-state index in [1.807, 2.05) is 30.3 Å². The quantitative estimate of drug-likeness (QED) is 0.834. The summed E-state index contributed by atoms with van der Waals surface area (Å²) in [6, 6.07) is 11.9. The van der Waals surface area contributed by atoms with Crippen molar-refractivity contribution in [2.75, 3.05) is 26.8 Å². The Balaban J connectivity index is 1.91. The van der Waals surface area contributed by atoms with Crippen LogP contribution >= 0.6 is 0 Å². The molecule has 0 radical (unpaired) electrons. The van der Waals surface area contributed by atoms with Gasteiger partial charge in [-0.1, -0.05) is 30.3 Å². The number of hydrogen-bond donors (Lipinski definition) is 0. The SMILES string of the molecule is CN(CC1CCOCC1)C(=O)C(C#N)Cc1ccccc1. The Labute approximate surface area is 126 Å². The van der Waals surface area contributed by atoms with Crippen molar-refractivity contribution in [1.82, 2.24) is 4.90 Å². The normalized spacial score (nSPS) is 17.0. The molecule has 4 heteroatoms. The van der Waals surface area contributed by atoms with E-state index >= 15 is 0 Å². The van der Waals surface area contributed by atoms with Crippen molar-refractivity contribution in [3.63, 3.8) is 0 Å². The molecule has 0 N–H and O–H groups in total. The average Bonchev–Trinajstić information content (AvgIpc) is 2.54. The average molecular weight is 286 g/mol. The molecule has 0 saturated carbocycles. The minimum Gasteiger partial charge on any atom is -0.381 e. The number of ether oxygens (including phenoxy) is 1. The maximum atomic E-state index is 12.4. The van der Waals surface area contributed by atoms with Gasteiger partial charge < -0.3 is 9.64 Å². The van der Waals surface area contributed by atoms with Crippen molar-refractivity contribution >= 4 is 5.91 Å². The summed E-state index contributed by atoms with van der Waals surface area (Å²) in [6.07, 6.45) is 2.47. The highest BCUT2D eigenvalue weighted by atomic mass is 16.5. The number of rotatable bonds is 5. The van der Waals surface area contributed by atoms with Crippen LogP contribution in [0.1, 0.15) is 18.4 Å². The third-order valence-corrected chi connectivity index (χ3v) is 3.99. The van der Waals surface area contributed by atoms with Crippen LogP contribution in [0, 0.1) is 23.2 Å². The van der Waals surface area contributed by atoms with E-state index in [0.717, 1.165) is 38.2 Å². The van der Waals surface area contributed by atoms with E-state index in [9.17, 15) is 10.1 Å². The number of nitriles is 1. The molecule has 0 aliphatic carbocycles. The van der Waals surface area contributed by atoms with Crippen LogP contribution in [0.15, 0.2) is 30.3 Å². The van der Waals surface area contributed by atoms with Crippen molar-refractivity contribution in [2.45, 2.75) is 19.3 Å². The Morgan fingerprint density at radius 1 is 1.38 bits per heavy atom. The van der Waals surface area contributed by atoms with Gasteiger partial charge in [0, 0.05) is 26.8 Å². The Morgan fingerprint density at radius 2 is 2.05 bits per heavy atom. The van der Waals surface area contributed by atoms with Gasteiger partial charge in [0.25, 0.3) is 0 Å². The first-order valence-electron chi connectivity index (χ1n) is 7.47. The molecule has 0 spiro atoms. The number of hydrogen-bond acceptors (Lipinski definition) is 3. The summed E-state index contributed by atoms with van der Waals surface area (Å²) >= 11 is 0. The van der Waals surface area contributed by atoms with Gasteiger partial charge >= 0.3 is 0 Å². The second-order valence-corrected chi connectivity index (χ2v) is 5.65. The number of benzene rings is 1. The van der Waals surface area contributed by atoms with Crippen LogP contribution in [0.25, 0.3) is 0 Å². The largest absolute Gasteiger partial charge is 0.381 e. The highest BCUT2D eigenvalue weighted by Crippen LogP contribution is 2.17. The smallest absolute Gasteiger partial charge is 0.240 e. The van der Waals surface area contributed by atoms with Crippen LogP contribution in [0.3, 0.4) is 0 Å². The van der Waals surface area contributed by atoms with E-state index < -0.39 is 5.92 Å². The van der Waals surface area contributed by atoms with Crippen molar-refractivity contribution in [2.24, 2.45) is 11.8 Å². The summed E-state index contributed by atoms with van der Waals surface area (Å²) in [5, 5.41) is 9.30. The van der Waals surface area contributed by atoms with E-state index in [2.05, 4.69) is 6.07 Å². The fourth-order valence-electron chi connectivity index (χ4n) is 2.71. The van der Waals surface area contributed by atoms with Gasteiger partial charge in [-0.15, -0.1) is 0 Å². The second kappa shape index (κ2) is 7.80. The van der Waals surface area contributed by atoms with E-state index in [1.165, 1.54) is 0 Å². The highest BCUT2D eigenvalue weighted by Gasteiger charge is 2.25. The van der Waals surface area contributed by atoms with Crippen molar-refractivity contribution in [3.8, 4) is 6.07 Å². The highest BCUT2D eigenvalue weighted by molar-refractivity contribution is 5.81. The molecule has 1 aromatic carbocycles. The van der Waals surface area contributed by atoms with Gasteiger partial charge in [-0.05, 0) is 30.7 Å². The Hall–Kier alpha value is -1.86. The van der Waals surface area contributed by atoms with E-state index in [-0.39, 0.29) is 5.91 Å². The number of carbonyl (C=O) groups is 1. The maximum Gasteiger partial charge on any atom is 0.240 e. The Bertz CT molecular complexity index is 489. The van der Waals surface area contributed by atoms with Gasteiger partial charge in [0.2, 0.25) is 5.91 Å². The molecule has 1 aliphatic heterocycles. The maximum absolute atomic E-state index is 12.4. The molecule has 0 aromatic heterocycles. The van der Waals surface area contributed by atoms with Crippen LogP contribution in [-0.4, -0.2) is 37.6 Å². The minimum absolute atomic E-state index is 0.0761. The molecule has 21 heavy (non-hydrogen) atoms. The lowest BCUT2D eigenvalue weighted by Gasteiger charge is -2.28. The molecule has 1 saturated heterocycles. The predicted octanol–water partition coefficient (Wildman–Crippen LogP) is 2.25. The predicted molar refractivity (Wildman–Crippen MR) is 80.4 cm³/mol. The van der Waals surface area contributed by atoms with Gasteiger partial charge in [0.05, 0.1) is 6.07 Å². The molecule has 1 aromatic rings. The summed E-state index contributed by atoms with van der Waals surface area (Å²) in [6.45, 7) is 2.27. The van der Waals surface area contributed by atoms with Crippen molar-refractivity contribution in [1.29, 1.82) is 5.26 Å². The first kappa shape index (κ1) is 15.5. The molecule has 1 unspecified atom stereocenters. The monoisotopic (exact) mass is 286 g/mol. The zero-order chi connectivity index (χ0) is 15.1. The van der Waals surface area contributed by atoms with E-state index in [0.29, 0.717) is 12.3 Å². The summed E-state index contributed by atoms with van der Waals surface area (Å²) in [5.74, 6) is -0.186. The lowest BCUT2D eigenvalue weighted by molar-refractivity contribution is -0.133. The molecule has 112 valence electrons. The molecule has 1 heterocycles. The second-order valence-electron chi connectivity index (χ2n) is 5.65. The third-order valence-electron chi connectivity index (χ3n) is 3.99. The van der Waals surface area contributed by atoms with Crippen molar-refractivity contribution in [3.05, 3.63) is 35.9 Å². The lowest BCUT2D eigenvalue weighted by Crippen LogP contribution is -2.38. The Morgan fingerprint density at radius 3 is 2.67 bits per heavy atom. The molecule has 0 bridgehead atoms. The molecule has 1 atom stereocenters. The third kappa shape index (κ3) is 4.57. The van der Waals surface area contributed by atoms with Gasteiger partial charge in [0.1, 0.15) is 5.92 Å². The molecular formula is C17H22N2O2. The number of nitrogens with zero attached hydrogens (tertiary/aromatic N) is 2. The van der Waals surface area contributed by atoms with Crippen LogP contribution in [0.2, 0.25) is 0 Å². The molecule has 1 fully saturated rings. The zero-order valence-corrected chi connectivity index (χ0v) is 12.5. The number of amides is 1. The summed E-state index contributed by atoms with van der Waals surface area (Å²) in [5.41, 5.74) is 1.02. The van der Waals surface area contributed by atoms with Gasteiger partial charge in [-0.3, -0.25) is 4.79 Å². The van der Waals surface area contributed by atoms with Crippen LogP contribution < -0.4 is 0 Å². The molecule has 4 nitrogen and oxygen atoms in total. The Kier molecular flexibility index (Phi) is 5.77. The minimum atomic E-state index is -0.600. The lowest BCUT2D eigenvalue weighted by atomic mass is 9.97. The summed E-state index contributed by atoms with van der Waals surface area (Å²) in [7, 11) is 1.80. The summed E-state index contributed by atoms with van der Waals surface area (Å²) < 4.78 is 5.33. The fraction of sp³-hybridized carbons (Fsp3) is 0.529. The topological polar surface area (TPSA) is 53.3 Å². The zero-order valence-electron chi connectivity index (χ0n) is 12.5. The standard InChI is InChI=1S/C17H22N2O2/c1-19(13-15-7-9-21-10-8-15)17(20)16(12-18)11-14-5-3-2-4-6-14/h2-6,15-16H,7-11,13H2,1H3. The van der Waals surface area contributed by atoms with Crippen LogP contribution in [0.5, 0.6) is 0 Å². The summed E-state index contributed by atoms with van der Waals surface area (Å²) in [4.78, 5) is 14.1. The van der Waals surface area contributed by atoms with Gasteiger partial charge in [-0.2, -0.15) is 5.26 Å². The molecular weight excluding hydrogens is 264 g/mol. The number of carbonyl (C=O) groups excluding carboxylic acids is 1. The first-order valence-corrected chi connectivity index (χ1v) is 7.47. The van der Waals surface area contributed by atoms with E-state index in [4.69, 9.17) is 4.74 Å². The molecule has 1 amide bonds. The molecule has 1 aliphatic rings. The van der Waals surface area contributed by atoms with Crippen molar-refractivity contribution < 1.29 is 9.53 Å². The molecule has 2 rings (SSSR count). The van der Waals surface area contributed by atoms with Crippen LogP contribution in [0.4, 0.5) is 0 Å². The fourth-order valence-corrected chi connectivity index (χ4v) is 2.71. The van der Waals surface area contributed by atoms with E-state index in [1.54, 1.807) is 11.9 Å². The van der Waals surface area contributed by atoms with Crippen LogP contribution in [-0.2, 0) is 16.0 Å². The van der Waals surface area contributed by atoms with Gasteiger partial charge in [0.15, 0.2) is 0 Å².